The van der Waals surface area contributed by atoms with Gasteiger partial charge in [0.05, 0.1) is 17.2 Å². The van der Waals surface area contributed by atoms with Crippen LogP contribution in [-0.2, 0) is 4.79 Å². The molecule has 1 aliphatic heterocycles. The van der Waals surface area contributed by atoms with Crippen molar-refractivity contribution in [1.82, 2.24) is 0 Å². The molecule has 0 amide bonds. The average Bonchev–Trinajstić information content (AvgIpc) is 3.14. The Kier molecular flexibility index (Phi) is 5.34. The van der Waals surface area contributed by atoms with Crippen LogP contribution in [0.4, 0.5) is 0 Å². The number of ether oxygens (including phenoxy) is 1. The van der Waals surface area contributed by atoms with Crippen LogP contribution in [-0.4, -0.2) is 23.2 Å². The number of hydrogen-bond acceptors (Lipinski definition) is 5. The second-order valence-corrected chi connectivity index (χ2v) is 11.0. The van der Waals surface area contributed by atoms with Crippen molar-refractivity contribution in [1.29, 1.82) is 0 Å². The number of esters is 1. The Morgan fingerprint density at radius 3 is 2.38 bits per heavy atom. The van der Waals surface area contributed by atoms with Crippen molar-refractivity contribution in [3.63, 3.8) is 0 Å². The van der Waals surface area contributed by atoms with Crippen LogP contribution >= 0.6 is 0 Å². The van der Waals surface area contributed by atoms with E-state index in [0.29, 0.717) is 41.0 Å². The average molecular weight is 490 g/mol. The minimum absolute atomic E-state index is 0.0851. The lowest BCUT2D eigenvalue weighted by Crippen LogP contribution is -2.43. The third kappa shape index (κ3) is 3.95. The van der Waals surface area contributed by atoms with Gasteiger partial charge in [0.2, 0.25) is 0 Å². The van der Waals surface area contributed by atoms with Crippen molar-refractivity contribution in [3.8, 4) is 5.75 Å². The van der Waals surface area contributed by atoms with Crippen molar-refractivity contribution < 1.29 is 19.1 Å². The number of aliphatic imine (C=N–C) groups is 1. The van der Waals surface area contributed by atoms with Crippen molar-refractivity contribution in [2.24, 2.45) is 16.3 Å². The number of hydrogen-bond donors (Lipinski definition) is 0. The van der Waals surface area contributed by atoms with Crippen LogP contribution < -0.4 is 4.74 Å². The highest BCUT2D eigenvalue weighted by Gasteiger charge is 2.50. The SMILES string of the molecule is Cc1ccc(C(=O)Oc2cccc(C3C4=C(N=C5CC(C)(C)CC(=O)C53)c3ccccc3C4=O)c2)cc1. The van der Waals surface area contributed by atoms with E-state index in [2.05, 4.69) is 13.8 Å². The van der Waals surface area contributed by atoms with Gasteiger partial charge in [-0.15, -0.1) is 0 Å². The summed E-state index contributed by atoms with van der Waals surface area (Å²) in [7, 11) is 0. The lowest BCUT2D eigenvalue weighted by atomic mass is 9.63. The van der Waals surface area contributed by atoms with Gasteiger partial charge in [-0.05, 0) is 48.6 Å². The number of Topliss-reactive ketones (excluding diaryl/α,β-unsaturated/α-hetero) is 2. The van der Waals surface area contributed by atoms with Crippen LogP contribution in [0.25, 0.3) is 5.70 Å². The Morgan fingerprint density at radius 2 is 1.62 bits per heavy atom. The van der Waals surface area contributed by atoms with Crippen molar-refractivity contribution in [2.45, 2.75) is 39.5 Å². The number of benzene rings is 3. The summed E-state index contributed by atoms with van der Waals surface area (Å²) in [6.07, 6.45) is 1.12. The molecule has 0 N–H and O–H groups in total. The summed E-state index contributed by atoms with van der Waals surface area (Å²) in [6.45, 7) is 6.13. The number of ketones is 2. The maximum absolute atomic E-state index is 13.7. The van der Waals surface area contributed by atoms with Crippen LogP contribution in [0.5, 0.6) is 5.75 Å². The molecule has 5 heteroatoms. The van der Waals surface area contributed by atoms with E-state index in [1.807, 2.05) is 55.5 Å². The fourth-order valence-electron chi connectivity index (χ4n) is 5.91. The van der Waals surface area contributed by atoms with E-state index >= 15 is 0 Å². The van der Waals surface area contributed by atoms with Gasteiger partial charge in [0, 0.05) is 34.8 Å². The van der Waals surface area contributed by atoms with Gasteiger partial charge in [0.1, 0.15) is 11.5 Å². The molecule has 5 nitrogen and oxygen atoms in total. The Morgan fingerprint density at radius 1 is 0.892 bits per heavy atom. The first-order valence-electron chi connectivity index (χ1n) is 12.6. The minimum Gasteiger partial charge on any atom is -0.423 e. The van der Waals surface area contributed by atoms with E-state index in [9.17, 15) is 14.4 Å². The third-order valence-corrected chi connectivity index (χ3v) is 7.56. The molecular weight excluding hydrogens is 462 g/mol. The molecule has 0 radical (unpaired) electrons. The van der Waals surface area contributed by atoms with Gasteiger partial charge in [0.25, 0.3) is 0 Å². The molecule has 0 aromatic heterocycles. The zero-order valence-electron chi connectivity index (χ0n) is 21.1. The predicted molar refractivity (Wildman–Crippen MR) is 142 cm³/mol. The first kappa shape index (κ1) is 23.3. The molecule has 3 aromatic rings. The summed E-state index contributed by atoms with van der Waals surface area (Å²) >= 11 is 0. The zero-order valence-corrected chi connectivity index (χ0v) is 21.1. The quantitative estimate of drug-likeness (QED) is 0.317. The highest BCUT2D eigenvalue weighted by Crippen LogP contribution is 2.52. The molecule has 2 aliphatic carbocycles. The van der Waals surface area contributed by atoms with Crippen LogP contribution in [0.1, 0.15) is 70.0 Å². The first-order valence-corrected chi connectivity index (χ1v) is 12.6. The number of carbonyl (C=O) groups is 3. The molecule has 37 heavy (non-hydrogen) atoms. The smallest absolute Gasteiger partial charge is 0.343 e. The second kappa shape index (κ2) is 8.48. The fourth-order valence-corrected chi connectivity index (χ4v) is 5.91. The summed E-state index contributed by atoms with van der Waals surface area (Å²) in [4.78, 5) is 45.0. The molecular formula is C32H27NO4. The third-order valence-electron chi connectivity index (χ3n) is 7.56. The van der Waals surface area contributed by atoms with Gasteiger partial charge in [-0.1, -0.05) is 67.9 Å². The van der Waals surface area contributed by atoms with Crippen molar-refractivity contribution in [2.75, 3.05) is 0 Å². The van der Waals surface area contributed by atoms with E-state index in [-0.39, 0.29) is 17.0 Å². The standard InChI is InChI=1S/C32H27NO4/c1-18-11-13-19(14-12-18)31(36)37-21-8-6-7-20(15-21)26-27-24(16-32(2,3)17-25(27)34)33-29-22-9-4-5-10-23(22)30(35)28(26)29/h4-15,26-27H,16-17H2,1-3H3. The summed E-state index contributed by atoms with van der Waals surface area (Å²) in [6, 6.07) is 21.9. The van der Waals surface area contributed by atoms with Gasteiger partial charge in [-0.3, -0.25) is 14.6 Å². The number of fused-ring (bicyclic) bond motifs is 3. The molecule has 1 fully saturated rings. The Labute approximate surface area is 215 Å². The molecule has 0 saturated heterocycles. The monoisotopic (exact) mass is 489 g/mol. The Hall–Kier alpha value is -4.12. The largest absolute Gasteiger partial charge is 0.423 e. The maximum Gasteiger partial charge on any atom is 0.343 e. The Balaban J connectivity index is 1.43. The van der Waals surface area contributed by atoms with Gasteiger partial charge >= 0.3 is 5.97 Å². The molecule has 0 bridgehead atoms. The van der Waals surface area contributed by atoms with Crippen molar-refractivity contribution >= 4 is 28.9 Å². The van der Waals surface area contributed by atoms with Crippen molar-refractivity contribution in [3.05, 3.63) is 106 Å². The van der Waals surface area contributed by atoms with Crippen LogP contribution in [0.3, 0.4) is 0 Å². The molecule has 2 atom stereocenters. The van der Waals surface area contributed by atoms with E-state index < -0.39 is 17.8 Å². The molecule has 2 unspecified atom stereocenters. The summed E-state index contributed by atoms with van der Waals surface area (Å²) in [5.74, 6) is -1.06. The first-order chi connectivity index (χ1) is 17.7. The van der Waals surface area contributed by atoms with Gasteiger partial charge in [-0.25, -0.2) is 4.79 Å². The van der Waals surface area contributed by atoms with Crippen LogP contribution in [0.15, 0.2) is 83.4 Å². The van der Waals surface area contributed by atoms with E-state index in [1.165, 1.54) is 0 Å². The summed E-state index contributed by atoms with van der Waals surface area (Å²) in [5, 5.41) is 0. The molecule has 6 rings (SSSR count). The lowest BCUT2D eigenvalue weighted by molar-refractivity contribution is -0.124. The summed E-state index contributed by atoms with van der Waals surface area (Å²) < 4.78 is 5.71. The Bertz CT molecular complexity index is 1540. The van der Waals surface area contributed by atoms with E-state index in [0.717, 1.165) is 22.4 Å². The predicted octanol–water partition coefficient (Wildman–Crippen LogP) is 6.37. The normalized spacial score (nSPS) is 21.6. The molecule has 1 heterocycles. The highest BCUT2D eigenvalue weighted by molar-refractivity contribution is 6.25. The molecule has 1 saturated carbocycles. The van der Waals surface area contributed by atoms with Crippen LogP contribution in [0, 0.1) is 18.3 Å². The van der Waals surface area contributed by atoms with E-state index in [4.69, 9.17) is 9.73 Å². The highest BCUT2D eigenvalue weighted by atomic mass is 16.5. The van der Waals surface area contributed by atoms with Gasteiger partial charge < -0.3 is 4.74 Å². The number of carbonyl (C=O) groups excluding carboxylic acids is 3. The number of nitrogens with zero attached hydrogens (tertiary/aromatic N) is 1. The zero-order chi connectivity index (χ0) is 25.9. The minimum atomic E-state index is -0.506. The lowest BCUT2D eigenvalue weighted by Gasteiger charge is -2.40. The molecule has 0 spiro atoms. The molecule has 184 valence electrons. The second-order valence-electron chi connectivity index (χ2n) is 11.0. The topological polar surface area (TPSA) is 72.8 Å². The number of rotatable bonds is 3. The maximum atomic E-state index is 13.7. The number of aryl methyl sites for hydroxylation is 1. The molecule has 3 aromatic carbocycles. The van der Waals surface area contributed by atoms with Gasteiger partial charge in [0.15, 0.2) is 5.78 Å². The molecule has 3 aliphatic rings. The fraction of sp³-hybridized carbons (Fsp3) is 0.250. The van der Waals surface area contributed by atoms with E-state index in [1.54, 1.807) is 24.3 Å². The van der Waals surface area contributed by atoms with Crippen LogP contribution in [0.2, 0.25) is 0 Å². The summed E-state index contributed by atoms with van der Waals surface area (Å²) in [5.41, 5.74) is 5.59. The number of allylic oxidation sites excluding steroid dienone is 1. The van der Waals surface area contributed by atoms with Gasteiger partial charge in [-0.2, -0.15) is 0 Å².